The Bertz CT molecular complexity index is 369. The minimum Gasteiger partial charge on any atom is -0.392 e. The van der Waals surface area contributed by atoms with Crippen LogP contribution in [-0.4, -0.2) is 41.2 Å². The van der Waals surface area contributed by atoms with E-state index in [2.05, 4.69) is 10.1 Å². The van der Waals surface area contributed by atoms with E-state index in [9.17, 15) is 5.11 Å². The molecule has 0 spiro atoms. The molecule has 2 rings (SSSR count). The van der Waals surface area contributed by atoms with Crippen LogP contribution in [0.3, 0.4) is 0 Å². The molecule has 3 atom stereocenters. The molecule has 0 radical (unpaired) electrons. The van der Waals surface area contributed by atoms with Crippen LogP contribution in [0.15, 0.2) is 4.52 Å². The van der Waals surface area contributed by atoms with Gasteiger partial charge in [0.25, 0.3) is 0 Å². The third-order valence-corrected chi connectivity index (χ3v) is 3.12. The smallest absolute Gasteiger partial charge is 0.234 e. The Kier molecular flexibility index (Phi) is 4.68. The summed E-state index contributed by atoms with van der Waals surface area (Å²) in [6.45, 7) is 5.55. The Hall–Kier alpha value is -0.980. The minimum atomic E-state index is -0.473. The molecule has 1 aromatic heterocycles. The number of ether oxygens (including phenoxy) is 2. The molecular weight excluding hydrogens is 236 g/mol. The zero-order valence-electron chi connectivity index (χ0n) is 10.8. The summed E-state index contributed by atoms with van der Waals surface area (Å²) >= 11 is 0. The molecule has 102 valence electrons. The Labute approximate surface area is 106 Å². The number of hydrogen-bond donors (Lipinski definition) is 1. The fourth-order valence-corrected chi connectivity index (χ4v) is 2.07. The molecule has 6 heteroatoms. The molecule has 1 N–H and O–H groups in total. The van der Waals surface area contributed by atoms with Gasteiger partial charge >= 0.3 is 0 Å². The highest BCUT2D eigenvalue weighted by Crippen LogP contribution is 2.26. The molecule has 1 aliphatic rings. The van der Waals surface area contributed by atoms with Crippen molar-refractivity contribution in [2.45, 2.75) is 44.8 Å². The molecule has 6 nitrogen and oxygen atoms in total. The third-order valence-electron chi connectivity index (χ3n) is 3.12. The van der Waals surface area contributed by atoms with E-state index in [0.29, 0.717) is 38.0 Å². The molecule has 1 saturated heterocycles. The van der Waals surface area contributed by atoms with Gasteiger partial charge in [-0.3, -0.25) is 0 Å². The van der Waals surface area contributed by atoms with E-state index in [0.717, 1.165) is 6.42 Å². The number of rotatable bonds is 5. The zero-order valence-corrected chi connectivity index (χ0v) is 10.8. The Morgan fingerprint density at radius 2 is 2.33 bits per heavy atom. The number of hydrogen-bond acceptors (Lipinski definition) is 6. The van der Waals surface area contributed by atoms with Gasteiger partial charge in [0.15, 0.2) is 0 Å². The van der Waals surface area contributed by atoms with E-state index in [4.69, 9.17) is 14.0 Å². The Morgan fingerprint density at radius 3 is 3.00 bits per heavy atom. The van der Waals surface area contributed by atoms with Gasteiger partial charge in [0.2, 0.25) is 11.7 Å². The second kappa shape index (κ2) is 6.26. The van der Waals surface area contributed by atoms with Gasteiger partial charge in [0.1, 0.15) is 6.10 Å². The van der Waals surface area contributed by atoms with E-state index >= 15 is 0 Å². The average Bonchev–Trinajstić information content (AvgIpc) is 2.85. The summed E-state index contributed by atoms with van der Waals surface area (Å²) in [7, 11) is 0. The summed E-state index contributed by atoms with van der Waals surface area (Å²) in [5.74, 6) is 0.765. The molecule has 1 fully saturated rings. The fourth-order valence-electron chi connectivity index (χ4n) is 2.07. The molecule has 0 bridgehead atoms. The summed E-state index contributed by atoms with van der Waals surface area (Å²) in [5.41, 5.74) is 0. The maximum absolute atomic E-state index is 9.89. The molecule has 0 saturated carbocycles. The predicted molar refractivity (Wildman–Crippen MR) is 63.1 cm³/mol. The van der Waals surface area contributed by atoms with Crippen LogP contribution >= 0.6 is 0 Å². The van der Waals surface area contributed by atoms with Gasteiger partial charge < -0.3 is 19.1 Å². The first kappa shape index (κ1) is 13.5. The summed E-state index contributed by atoms with van der Waals surface area (Å²) in [4.78, 5) is 4.33. The summed E-state index contributed by atoms with van der Waals surface area (Å²) in [5, 5.41) is 13.8. The van der Waals surface area contributed by atoms with Crippen molar-refractivity contribution in [1.82, 2.24) is 10.1 Å². The SMILES string of the molecule is CCOC(CC)c1noc(C2COCCC2O)n1. The summed E-state index contributed by atoms with van der Waals surface area (Å²) in [6.07, 6.45) is 0.773. The fraction of sp³-hybridized carbons (Fsp3) is 0.833. The van der Waals surface area contributed by atoms with Gasteiger partial charge in [0, 0.05) is 13.2 Å². The van der Waals surface area contributed by atoms with E-state index in [1.165, 1.54) is 0 Å². The third kappa shape index (κ3) is 2.88. The van der Waals surface area contributed by atoms with Crippen LogP contribution in [0, 0.1) is 0 Å². The highest BCUT2D eigenvalue weighted by Gasteiger charge is 2.31. The van der Waals surface area contributed by atoms with Crippen molar-refractivity contribution < 1.29 is 19.1 Å². The molecule has 3 unspecified atom stereocenters. The molecule has 0 aliphatic carbocycles. The molecule has 0 aromatic carbocycles. The highest BCUT2D eigenvalue weighted by molar-refractivity contribution is 5.00. The van der Waals surface area contributed by atoms with Gasteiger partial charge in [0.05, 0.1) is 18.6 Å². The van der Waals surface area contributed by atoms with Gasteiger partial charge in [-0.15, -0.1) is 0 Å². The van der Waals surface area contributed by atoms with Crippen LogP contribution in [0.25, 0.3) is 0 Å². The molecule has 1 aliphatic heterocycles. The quantitative estimate of drug-likeness (QED) is 0.858. The first-order valence-corrected chi connectivity index (χ1v) is 6.47. The van der Waals surface area contributed by atoms with Crippen molar-refractivity contribution in [2.24, 2.45) is 0 Å². The monoisotopic (exact) mass is 256 g/mol. The van der Waals surface area contributed by atoms with Crippen LogP contribution in [0.4, 0.5) is 0 Å². The standard InChI is InChI=1S/C12H20N2O4/c1-3-10(17-4-2)11-13-12(18-14-11)8-7-16-6-5-9(8)15/h8-10,15H,3-7H2,1-2H3. The van der Waals surface area contributed by atoms with Crippen molar-refractivity contribution in [3.63, 3.8) is 0 Å². The second-order valence-electron chi connectivity index (χ2n) is 4.38. The number of nitrogens with zero attached hydrogens (tertiary/aromatic N) is 2. The van der Waals surface area contributed by atoms with E-state index in [1.807, 2.05) is 13.8 Å². The number of aromatic nitrogens is 2. The van der Waals surface area contributed by atoms with Crippen LogP contribution in [0.1, 0.15) is 50.4 Å². The van der Waals surface area contributed by atoms with E-state index in [1.54, 1.807) is 0 Å². The minimum absolute atomic E-state index is 0.144. The highest BCUT2D eigenvalue weighted by atomic mass is 16.5. The number of aliphatic hydroxyl groups is 1. The largest absolute Gasteiger partial charge is 0.392 e. The number of aliphatic hydroxyl groups excluding tert-OH is 1. The van der Waals surface area contributed by atoms with Crippen LogP contribution in [0.2, 0.25) is 0 Å². The van der Waals surface area contributed by atoms with Crippen LogP contribution < -0.4 is 0 Å². The Morgan fingerprint density at radius 1 is 1.50 bits per heavy atom. The van der Waals surface area contributed by atoms with Crippen LogP contribution in [-0.2, 0) is 9.47 Å². The molecular formula is C12H20N2O4. The van der Waals surface area contributed by atoms with Crippen molar-refractivity contribution in [2.75, 3.05) is 19.8 Å². The molecule has 1 aromatic rings. The lowest BCUT2D eigenvalue weighted by Crippen LogP contribution is -2.30. The summed E-state index contributed by atoms with van der Waals surface area (Å²) < 4.78 is 16.1. The topological polar surface area (TPSA) is 77.6 Å². The second-order valence-corrected chi connectivity index (χ2v) is 4.38. The van der Waals surface area contributed by atoms with Crippen molar-refractivity contribution in [3.8, 4) is 0 Å². The average molecular weight is 256 g/mol. The maximum atomic E-state index is 9.89. The van der Waals surface area contributed by atoms with Crippen LogP contribution in [0.5, 0.6) is 0 Å². The zero-order chi connectivity index (χ0) is 13.0. The van der Waals surface area contributed by atoms with Gasteiger partial charge in [-0.25, -0.2) is 0 Å². The molecule has 2 heterocycles. The Balaban J connectivity index is 2.08. The summed E-state index contributed by atoms with van der Waals surface area (Å²) in [6, 6.07) is 0. The van der Waals surface area contributed by atoms with Crippen molar-refractivity contribution >= 4 is 0 Å². The van der Waals surface area contributed by atoms with E-state index in [-0.39, 0.29) is 12.0 Å². The molecule has 18 heavy (non-hydrogen) atoms. The van der Waals surface area contributed by atoms with Gasteiger partial charge in [-0.1, -0.05) is 12.1 Å². The lowest BCUT2D eigenvalue weighted by molar-refractivity contribution is -0.0149. The van der Waals surface area contributed by atoms with Crippen molar-refractivity contribution in [1.29, 1.82) is 0 Å². The first-order chi connectivity index (χ1) is 8.76. The first-order valence-electron chi connectivity index (χ1n) is 6.47. The molecule has 0 amide bonds. The van der Waals surface area contributed by atoms with Gasteiger partial charge in [-0.2, -0.15) is 4.98 Å². The maximum Gasteiger partial charge on any atom is 0.234 e. The normalized spacial score (nSPS) is 26.2. The van der Waals surface area contributed by atoms with E-state index < -0.39 is 6.10 Å². The lowest BCUT2D eigenvalue weighted by Gasteiger charge is -2.24. The van der Waals surface area contributed by atoms with Crippen molar-refractivity contribution in [3.05, 3.63) is 11.7 Å². The van der Waals surface area contributed by atoms with Gasteiger partial charge in [-0.05, 0) is 19.8 Å². The lowest BCUT2D eigenvalue weighted by atomic mass is 9.99. The predicted octanol–water partition coefficient (Wildman–Crippen LogP) is 1.42.